The first-order valence-electron chi connectivity index (χ1n) is 4.69. The van der Waals surface area contributed by atoms with Crippen molar-refractivity contribution >= 4 is 27.8 Å². The first-order valence-corrected chi connectivity index (χ1v) is 5.49. The van der Waals surface area contributed by atoms with E-state index in [9.17, 15) is 9.59 Å². The second kappa shape index (κ2) is 5.60. The van der Waals surface area contributed by atoms with Gasteiger partial charge in [-0.05, 0) is 34.5 Å². The second-order valence-corrected chi connectivity index (χ2v) is 3.95. The molecule has 16 heavy (non-hydrogen) atoms. The van der Waals surface area contributed by atoms with Crippen LogP contribution in [0.25, 0.3) is 0 Å². The molecule has 86 valence electrons. The summed E-state index contributed by atoms with van der Waals surface area (Å²) >= 11 is 3.15. The topological polar surface area (TPSA) is 79.3 Å². The van der Waals surface area contributed by atoms with E-state index in [4.69, 9.17) is 5.11 Å². The highest BCUT2D eigenvalue weighted by atomic mass is 79.9. The zero-order valence-corrected chi connectivity index (χ0v) is 10.2. The van der Waals surface area contributed by atoms with Crippen LogP contribution >= 0.6 is 15.9 Å². The predicted octanol–water partition coefficient (Wildman–Crippen LogP) is 1.44. The maximum absolute atomic E-state index is 11.6. The van der Waals surface area contributed by atoms with Gasteiger partial charge in [0.2, 0.25) is 0 Å². The molecule has 2 N–H and O–H groups in total. The number of amides is 1. The Morgan fingerprint density at radius 1 is 1.56 bits per heavy atom. The summed E-state index contributed by atoms with van der Waals surface area (Å²) < 4.78 is 0.620. The third-order valence-electron chi connectivity index (χ3n) is 2.00. The normalized spacial score (nSPS) is 11.9. The number of pyridine rings is 1. The van der Waals surface area contributed by atoms with Gasteiger partial charge in [0.05, 0.1) is 5.56 Å². The number of hydrogen-bond donors (Lipinski definition) is 2. The largest absolute Gasteiger partial charge is 0.480 e. The molecule has 0 aromatic carbocycles. The summed E-state index contributed by atoms with van der Waals surface area (Å²) in [7, 11) is 0. The van der Waals surface area contributed by atoms with Crippen LogP contribution in [0.1, 0.15) is 23.7 Å². The first-order chi connectivity index (χ1) is 7.54. The molecule has 0 aliphatic carbocycles. The minimum Gasteiger partial charge on any atom is -0.480 e. The third kappa shape index (κ3) is 3.30. The van der Waals surface area contributed by atoms with Gasteiger partial charge in [0.1, 0.15) is 10.6 Å². The summed E-state index contributed by atoms with van der Waals surface area (Å²) in [5, 5.41) is 11.2. The van der Waals surface area contributed by atoms with Gasteiger partial charge in [0.15, 0.2) is 0 Å². The monoisotopic (exact) mass is 286 g/mol. The van der Waals surface area contributed by atoms with E-state index in [1.54, 1.807) is 19.1 Å². The average Bonchev–Trinajstić information content (AvgIpc) is 2.26. The lowest BCUT2D eigenvalue weighted by atomic mass is 10.2. The van der Waals surface area contributed by atoms with E-state index >= 15 is 0 Å². The molecule has 0 fully saturated rings. The number of carbonyl (C=O) groups is 2. The maximum Gasteiger partial charge on any atom is 0.326 e. The quantitative estimate of drug-likeness (QED) is 0.821. The van der Waals surface area contributed by atoms with Crippen molar-refractivity contribution in [3.8, 4) is 0 Å². The number of carboxylic acids is 1. The zero-order chi connectivity index (χ0) is 12.1. The van der Waals surface area contributed by atoms with E-state index in [-0.39, 0.29) is 0 Å². The standard InChI is InChI=1S/C10H11BrN2O3/c1-2-7(10(15)16)13-9(14)6-3-4-8(11)12-5-6/h3-5,7H,2H2,1H3,(H,13,14)(H,15,16)/t7-/m0/s1. The Morgan fingerprint density at radius 3 is 2.69 bits per heavy atom. The van der Waals surface area contributed by atoms with Crippen molar-refractivity contribution in [2.75, 3.05) is 0 Å². The van der Waals surface area contributed by atoms with Crippen LogP contribution in [-0.4, -0.2) is 28.0 Å². The van der Waals surface area contributed by atoms with Crippen molar-refractivity contribution in [3.05, 3.63) is 28.5 Å². The Bertz CT molecular complexity index is 392. The van der Waals surface area contributed by atoms with Crippen LogP contribution in [0.15, 0.2) is 22.9 Å². The zero-order valence-electron chi connectivity index (χ0n) is 8.61. The Hall–Kier alpha value is -1.43. The van der Waals surface area contributed by atoms with E-state index < -0.39 is 17.9 Å². The molecule has 5 nitrogen and oxygen atoms in total. The van der Waals surface area contributed by atoms with Crippen LogP contribution in [0.4, 0.5) is 0 Å². The van der Waals surface area contributed by atoms with Gasteiger partial charge < -0.3 is 10.4 Å². The molecular formula is C10H11BrN2O3. The summed E-state index contributed by atoms with van der Waals surface area (Å²) in [5.41, 5.74) is 0.336. The fourth-order valence-electron chi connectivity index (χ4n) is 1.09. The number of hydrogen-bond acceptors (Lipinski definition) is 3. The van der Waals surface area contributed by atoms with Gasteiger partial charge in [0, 0.05) is 6.20 Å². The number of aliphatic carboxylic acids is 1. The molecule has 0 spiro atoms. The molecule has 6 heteroatoms. The summed E-state index contributed by atoms with van der Waals surface area (Å²) in [4.78, 5) is 26.2. The number of rotatable bonds is 4. The van der Waals surface area contributed by atoms with Crippen LogP contribution in [-0.2, 0) is 4.79 Å². The average molecular weight is 287 g/mol. The van der Waals surface area contributed by atoms with Crippen molar-refractivity contribution in [3.63, 3.8) is 0 Å². The van der Waals surface area contributed by atoms with Crippen LogP contribution in [0.5, 0.6) is 0 Å². The Kier molecular flexibility index (Phi) is 4.42. The van der Waals surface area contributed by atoms with Crippen molar-refractivity contribution in [1.29, 1.82) is 0 Å². The molecule has 0 saturated heterocycles. The van der Waals surface area contributed by atoms with Crippen LogP contribution in [0.3, 0.4) is 0 Å². The Balaban J connectivity index is 2.71. The fraction of sp³-hybridized carbons (Fsp3) is 0.300. The SMILES string of the molecule is CC[C@H](NC(=O)c1ccc(Br)nc1)C(=O)O. The number of halogens is 1. The lowest BCUT2D eigenvalue weighted by Crippen LogP contribution is -2.40. The van der Waals surface area contributed by atoms with Gasteiger partial charge in [-0.2, -0.15) is 0 Å². The van der Waals surface area contributed by atoms with E-state index in [1.807, 2.05) is 0 Å². The Labute approximate surface area is 101 Å². The van der Waals surface area contributed by atoms with Crippen molar-refractivity contribution in [1.82, 2.24) is 10.3 Å². The molecule has 0 bridgehead atoms. The van der Waals surface area contributed by atoms with Crippen molar-refractivity contribution in [2.45, 2.75) is 19.4 Å². The van der Waals surface area contributed by atoms with Gasteiger partial charge in [-0.25, -0.2) is 9.78 Å². The minimum absolute atomic E-state index is 0.336. The highest BCUT2D eigenvalue weighted by Crippen LogP contribution is 2.06. The van der Waals surface area contributed by atoms with Crippen LogP contribution < -0.4 is 5.32 Å². The van der Waals surface area contributed by atoms with Gasteiger partial charge in [-0.3, -0.25) is 4.79 Å². The summed E-state index contributed by atoms with van der Waals surface area (Å²) in [6.45, 7) is 1.69. The van der Waals surface area contributed by atoms with Gasteiger partial charge in [0.25, 0.3) is 5.91 Å². The molecule has 1 atom stereocenters. The molecule has 0 unspecified atom stereocenters. The molecule has 1 amide bonds. The van der Waals surface area contributed by atoms with E-state index in [0.29, 0.717) is 16.6 Å². The molecule has 0 saturated carbocycles. The number of aromatic nitrogens is 1. The molecule has 0 aliphatic rings. The Morgan fingerprint density at radius 2 is 2.25 bits per heavy atom. The molecule has 1 aromatic rings. The maximum atomic E-state index is 11.6. The number of nitrogens with zero attached hydrogens (tertiary/aromatic N) is 1. The highest BCUT2D eigenvalue weighted by molar-refractivity contribution is 9.10. The number of carbonyl (C=O) groups excluding carboxylic acids is 1. The molecule has 1 aromatic heterocycles. The van der Waals surface area contributed by atoms with Crippen molar-refractivity contribution in [2.24, 2.45) is 0 Å². The van der Waals surface area contributed by atoms with Crippen LogP contribution in [0.2, 0.25) is 0 Å². The fourth-order valence-corrected chi connectivity index (χ4v) is 1.32. The molecule has 1 rings (SSSR count). The van der Waals surface area contributed by atoms with E-state index in [1.165, 1.54) is 6.20 Å². The summed E-state index contributed by atoms with van der Waals surface area (Å²) in [5.74, 6) is -1.48. The van der Waals surface area contributed by atoms with E-state index in [0.717, 1.165) is 0 Å². The predicted molar refractivity (Wildman–Crippen MR) is 61.1 cm³/mol. The number of carboxylic acid groups (broad SMARTS) is 1. The minimum atomic E-state index is -1.04. The number of nitrogens with one attached hydrogen (secondary N) is 1. The van der Waals surface area contributed by atoms with Gasteiger partial charge in [-0.15, -0.1) is 0 Å². The lowest BCUT2D eigenvalue weighted by Gasteiger charge is -2.11. The smallest absolute Gasteiger partial charge is 0.326 e. The first kappa shape index (κ1) is 12.6. The van der Waals surface area contributed by atoms with Crippen molar-refractivity contribution < 1.29 is 14.7 Å². The molecule has 0 aliphatic heterocycles. The lowest BCUT2D eigenvalue weighted by molar-refractivity contribution is -0.139. The van der Waals surface area contributed by atoms with Crippen LogP contribution in [0, 0.1) is 0 Å². The molecule has 1 heterocycles. The second-order valence-electron chi connectivity index (χ2n) is 3.14. The molecular weight excluding hydrogens is 276 g/mol. The van der Waals surface area contributed by atoms with Gasteiger partial charge >= 0.3 is 5.97 Å². The highest BCUT2D eigenvalue weighted by Gasteiger charge is 2.18. The summed E-state index contributed by atoms with van der Waals surface area (Å²) in [6.07, 6.45) is 1.72. The third-order valence-corrected chi connectivity index (χ3v) is 2.47. The molecule has 0 radical (unpaired) electrons. The van der Waals surface area contributed by atoms with Gasteiger partial charge in [-0.1, -0.05) is 6.92 Å². The van der Waals surface area contributed by atoms with E-state index in [2.05, 4.69) is 26.2 Å². The summed E-state index contributed by atoms with van der Waals surface area (Å²) in [6, 6.07) is 2.33.